The van der Waals surface area contributed by atoms with Crippen LogP contribution < -0.4 is 5.32 Å². The first-order chi connectivity index (χ1) is 11.1. The van der Waals surface area contributed by atoms with Crippen molar-refractivity contribution in [3.05, 3.63) is 35.9 Å². The van der Waals surface area contributed by atoms with Crippen LogP contribution in [-0.4, -0.2) is 35.4 Å². The molecule has 124 valence electrons. The van der Waals surface area contributed by atoms with Crippen LogP contribution in [0.4, 0.5) is 4.79 Å². The Kier molecular flexibility index (Phi) is 4.52. The predicted octanol–water partition coefficient (Wildman–Crippen LogP) is 2.33. The van der Waals surface area contributed by atoms with Crippen LogP contribution in [0.25, 0.3) is 0 Å². The highest BCUT2D eigenvalue weighted by Crippen LogP contribution is 2.48. The second-order valence-electron chi connectivity index (χ2n) is 6.28. The van der Waals surface area contributed by atoms with Gasteiger partial charge in [0.25, 0.3) is 0 Å². The maximum absolute atomic E-state index is 12.1. The van der Waals surface area contributed by atoms with E-state index in [1.807, 2.05) is 30.3 Å². The zero-order valence-electron chi connectivity index (χ0n) is 12.9. The van der Waals surface area contributed by atoms with Crippen molar-refractivity contribution in [1.29, 1.82) is 0 Å². The highest BCUT2D eigenvalue weighted by Gasteiger charge is 2.57. The Morgan fingerprint density at radius 1 is 1.35 bits per heavy atom. The molecule has 3 atom stereocenters. The van der Waals surface area contributed by atoms with E-state index in [-0.39, 0.29) is 25.0 Å². The van der Waals surface area contributed by atoms with Crippen LogP contribution >= 0.6 is 0 Å². The van der Waals surface area contributed by atoms with Gasteiger partial charge < -0.3 is 19.9 Å². The number of ether oxygens (including phenoxy) is 2. The minimum atomic E-state index is -0.919. The summed E-state index contributed by atoms with van der Waals surface area (Å²) in [4.78, 5) is 23.3. The van der Waals surface area contributed by atoms with Crippen molar-refractivity contribution >= 4 is 12.1 Å². The van der Waals surface area contributed by atoms with Gasteiger partial charge in [0.1, 0.15) is 6.61 Å². The van der Waals surface area contributed by atoms with Crippen LogP contribution in [0.3, 0.4) is 0 Å². The van der Waals surface area contributed by atoms with Crippen molar-refractivity contribution in [2.45, 2.75) is 43.9 Å². The maximum atomic E-state index is 12.1. The van der Waals surface area contributed by atoms with Crippen molar-refractivity contribution in [3.63, 3.8) is 0 Å². The van der Waals surface area contributed by atoms with E-state index in [2.05, 4.69) is 5.32 Å². The van der Waals surface area contributed by atoms with E-state index in [9.17, 15) is 14.7 Å². The molecule has 0 radical (unpaired) electrons. The molecule has 1 heterocycles. The van der Waals surface area contributed by atoms with Crippen LogP contribution in [0.1, 0.15) is 31.2 Å². The van der Waals surface area contributed by atoms with Gasteiger partial charge in [-0.2, -0.15) is 0 Å². The minimum Gasteiger partial charge on any atom is -0.481 e. The van der Waals surface area contributed by atoms with Crippen molar-refractivity contribution in [2.24, 2.45) is 5.92 Å². The Morgan fingerprint density at radius 2 is 2.13 bits per heavy atom. The number of benzene rings is 1. The number of hydrogen-bond acceptors (Lipinski definition) is 4. The smallest absolute Gasteiger partial charge is 0.407 e. The van der Waals surface area contributed by atoms with E-state index in [1.54, 1.807) is 0 Å². The van der Waals surface area contributed by atoms with Crippen LogP contribution in [0.5, 0.6) is 0 Å². The van der Waals surface area contributed by atoms with E-state index in [0.717, 1.165) is 18.4 Å². The van der Waals surface area contributed by atoms with E-state index in [4.69, 9.17) is 9.47 Å². The molecule has 1 aliphatic carbocycles. The molecule has 1 amide bonds. The summed E-state index contributed by atoms with van der Waals surface area (Å²) in [6.45, 7) is 0.878. The lowest BCUT2D eigenvalue weighted by molar-refractivity contribution is -0.161. The summed E-state index contributed by atoms with van der Waals surface area (Å²) in [6.07, 6.45) is 1.68. The summed E-state index contributed by atoms with van der Waals surface area (Å²) in [7, 11) is 0. The number of hydrogen-bond donors (Lipinski definition) is 2. The Hall–Kier alpha value is -2.08. The zero-order valence-corrected chi connectivity index (χ0v) is 12.9. The minimum absolute atomic E-state index is 0.0524. The molecule has 6 nitrogen and oxygen atoms in total. The van der Waals surface area contributed by atoms with Gasteiger partial charge >= 0.3 is 12.1 Å². The van der Waals surface area contributed by atoms with E-state index in [1.165, 1.54) is 0 Å². The number of aliphatic carboxylic acids is 1. The van der Waals surface area contributed by atoms with Crippen LogP contribution in [-0.2, 0) is 20.9 Å². The summed E-state index contributed by atoms with van der Waals surface area (Å²) >= 11 is 0. The summed E-state index contributed by atoms with van der Waals surface area (Å²) in [5.41, 5.74) is 0.146. The molecule has 0 bridgehead atoms. The van der Waals surface area contributed by atoms with Gasteiger partial charge in [-0.05, 0) is 24.8 Å². The van der Waals surface area contributed by atoms with Crippen molar-refractivity contribution in [3.8, 4) is 0 Å². The van der Waals surface area contributed by atoms with Crippen LogP contribution in [0, 0.1) is 5.92 Å². The zero-order chi connectivity index (χ0) is 16.3. The Bertz CT molecular complexity index is 576. The lowest BCUT2D eigenvalue weighted by atomic mass is 9.60. The molecule has 2 N–H and O–H groups in total. The third-order valence-electron chi connectivity index (χ3n) is 4.75. The molecule has 0 aromatic heterocycles. The van der Waals surface area contributed by atoms with E-state index < -0.39 is 17.6 Å². The third-order valence-corrected chi connectivity index (χ3v) is 4.75. The van der Waals surface area contributed by atoms with Gasteiger partial charge in [-0.15, -0.1) is 0 Å². The highest BCUT2D eigenvalue weighted by molar-refractivity contribution is 5.73. The Morgan fingerprint density at radius 3 is 2.83 bits per heavy atom. The number of carbonyl (C=O) groups excluding carboxylic acids is 1. The van der Waals surface area contributed by atoms with Gasteiger partial charge in [0.05, 0.1) is 18.1 Å². The average Bonchev–Trinajstić information content (AvgIpc) is 2.52. The molecule has 1 aromatic rings. The van der Waals surface area contributed by atoms with Crippen molar-refractivity contribution in [2.75, 3.05) is 6.61 Å². The largest absolute Gasteiger partial charge is 0.481 e. The number of amides is 1. The number of alkyl carbamates (subject to hydrolysis) is 1. The Balaban J connectivity index is 1.60. The second-order valence-corrected chi connectivity index (χ2v) is 6.28. The molecule has 3 rings (SSSR count). The normalized spacial score (nSPS) is 29.0. The summed E-state index contributed by atoms with van der Waals surface area (Å²) in [5, 5.41) is 12.0. The standard InChI is InChI=1S/C17H21NO5/c19-15(20)10-17(9-14-13(17)7-4-8-22-14)18-16(21)23-11-12-5-2-1-3-6-12/h1-3,5-6,13-14H,4,7-11H2,(H,18,21)(H,19,20)/t13-,14-,17?/m1/s1. The van der Waals surface area contributed by atoms with Gasteiger partial charge in [-0.25, -0.2) is 4.79 Å². The maximum Gasteiger partial charge on any atom is 0.407 e. The molecule has 23 heavy (non-hydrogen) atoms. The van der Waals surface area contributed by atoms with Gasteiger partial charge in [-0.1, -0.05) is 30.3 Å². The SMILES string of the molecule is O=C(O)CC1(NC(=O)OCc2ccccc2)C[C@H]2OCCC[C@H]21. The molecule has 2 fully saturated rings. The number of carbonyl (C=O) groups is 2. The molecule has 6 heteroatoms. The number of fused-ring (bicyclic) bond motifs is 1. The number of carboxylic acids is 1. The lowest BCUT2D eigenvalue weighted by Gasteiger charge is -2.56. The van der Waals surface area contributed by atoms with Gasteiger partial charge in [-0.3, -0.25) is 4.79 Å². The number of nitrogens with one attached hydrogen (secondary N) is 1. The fourth-order valence-corrected chi connectivity index (χ4v) is 3.65. The number of carboxylic acid groups (broad SMARTS) is 1. The van der Waals surface area contributed by atoms with Gasteiger partial charge in [0.2, 0.25) is 0 Å². The molecule has 1 aromatic carbocycles. The molecule has 1 saturated heterocycles. The molecular weight excluding hydrogens is 298 g/mol. The van der Waals surface area contributed by atoms with Crippen LogP contribution in [0.2, 0.25) is 0 Å². The molecule has 0 spiro atoms. The van der Waals surface area contributed by atoms with E-state index >= 15 is 0 Å². The summed E-state index contributed by atoms with van der Waals surface area (Å²) < 4.78 is 10.9. The fourth-order valence-electron chi connectivity index (χ4n) is 3.65. The van der Waals surface area contributed by atoms with Gasteiger partial charge in [0, 0.05) is 12.5 Å². The predicted molar refractivity (Wildman–Crippen MR) is 81.8 cm³/mol. The van der Waals surface area contributed by atoms with Crippen LogP contribution in [0.15, 0.2) is 30.3 Å². The third kappa shape index (κ3) is 3.47. The first kappa shape index (κ1) is 15.8. The average molecular weight is 319 g/mol. The summed E-state index contributed by atoms with van der Waals surface area (Å²) in [6, 6.07) is 9.38. The van der Waals surface area contributed by atoms with E-state index in [0.29, 0.717) is 13.0 Å². The monoisotopic (exact) mass is 319 g/mol. The number of rotatable bonds is 5. The molecule has 1 unspecified atom stereocenters. The molecular formula is C17H21NO5. The topological polar surface area (TPSA) is 84.9 Å². The van der Waals surface area contributed by atoms with Crippen molar-refractivity contribution in [1.82, 2.24) is 5.32 Å². The van der Waals surface area contributed by atoms with Crippen molar-refractivity contribution < 1.29 is 24.2 Å². The first-order valence-electron chi connectivity index (χ1n) is 7.91. The molecule has 2 aliphatic rings. The molecule has 1 saturated carbocycles. The fraction of sp³-hybridized carbons (Fsp3) is 0.529. The molecule has 1 aliphatic heterocycles. The van der Waals surface area contributed by atoms with Gasteiger partial charge in [0.15, 0.2) is 0 Å². The lowest BCUT2D eigenvalue weighted by Crippen LogP contribution is -2.69. The second kappa shape index (κ2) is 6.58. The highest BCUT2D eigenvalue weighted by atomic mass is 16.5. The first-order valence-corrected chi connectivity index (χ1v) is 7.91. The Labute approximate surface area is 134 Å². The summed E-state index contributed by atoms with van der Waals surface area (Å²) in [5.74, 6) is -0.867. The quantitative estimate of drug-likeness (QED) is 0.870.